The van der Waals surface area contributed by atoms with Crippen molar-refractivity contribution in [2.75, 3.05) is 0 Å². The predicted molar refractivity (Wildman–Crippen MR) is 78.3 cm³/mol. The van der Waals surface area contributed by atoms with E-state index in [0.29, 0.717) is 0 Å². The first kappa shape index (κ1) is 12.9. The van der Waals surface area contributed by atoms with Crippen LogP contribution in [0.5, 0.6) is 0 Å². The van der Waals surface area contributed by atoms with Crippen molar-refractivity contribution in [3.8, 4) is 0 Å². The summed E-state index contributed by atoms with van der Waals surface area (Å²) in [6, 6.07) is 7.98. The van der Waals surface area contributed by atoms with Crippen LogP contribution in [0, 0.1) is 20.8 Å². The fraction of sp³-hybridized carbons (Fsp3) is 0.267. The number of nitrogens with zero attached hydrogens (tertiary/aromatic N) is 2. The minimum atomic E-state index is 0.755. The van der Waals surface area contributed by atoms with Crippen LogP contribution in [-0.2, 0) is 7.05 Å². The van der Waals surface area contributed by atoms with Crippen molar-refractivity contribution in [2.45, 2.75) is 20.8 Å². The molecule has 1 heterocycles. The molecule has 1 aromatic heterocycles. The lowest BCUT2D eigenvalue weighted by Gasteiger charge is -2.00. The Hall–Kier alpha value is -1.54. The number of hydrogen-bond acceptors (Lipinski definition) is 1. The molecule has 0 atom stereocenters. The third-order valence-electron chi connectivity index (χ3n) is 3.32. The zero-order valence-electron chi connectivity index (χ0n) is 11.2. The van der Waals surface area contributed by atoms with Crippen LogP contribution in [0.25, 0.3) is 0 Å². The van der Waals surface area contributed by atoms with Gasteiger partial charge in [0.05, 0.1) is 5.69 Å². The Morgan fingerprint density at radius 2 is 1.89 bits per heavy atom. The van der Waals surface area contributed by atoms with Crippen molar-refractivity contribution in [2.24, 2.45) is 12.0 Å². The number of aryl methyl sites for hydroxylation is 2. The van der Waals surface area contributed by atoms with Gasteiger partial charge in [-0.3, -0.25) is 4.99 Å². The van der Waals surface area contributed by atoms with Crippen molar-refractivity contribution in [1.29, 1.82) is 0 Å². The molecular formula is C15H17ClN2. The molecule has 3 heteroatoms. The lowest BCUT2D eigenvalue weighted by Crippen LogP contribution is -1.93. The maximum atomic E-state index is 6.08. The summed E-state index contributed by atoms with van der Waals surface area (Å²) < 4.78 is 2.16. The van der Waals surface area contributed by atoms with Crippen molar-refractivity contribution in [1.82, 2.24) is 4.57 Å². The van der Waals surface area contributed by atoms with Crippen molar-refractivity contribution >= 4 is 23.5 Å². The highest BCUT2D eigenvalue weighted by Crippen LogP contribution is 2.22. The zero-order valence-corrected chi connectivity index (χ0v) is 11.9. The number of halogens is 1. The average molecular weight is 261 g/mol. The molecule has 0 fully saturated rings. The fourth-order valence-corrected chi connectivity index (χ4v) is 2.00. The Labute approximate surface area is 113 Å². The Morgan fingerprint density at radius 1 is 1.17 bits per heavy atom. The van der Waals surface area contributed by atoms with Crippen LogP contribution in [0.15, 0.2) is 29.3 Å². The summed E-state index contributed by atoms with van der Waals surface area (Å²) in [7, 11) is 2.06. The maximum Gasteiger partial charge on any atom is 0.0644 e. The summed E-state index contributed by atoms with van der Waals surface area (Å²) in [6.07, 6.45) is 1.89. The SMILES string of the molecule is Cc1ccc(N=Cc2cc(C)n(C)c2C)cc1Cl. The molecule has 0 N–H and O–H groups in total. The van der Waals surface area contributed by atoms with Gasteiger partial charge in [0.15, 0.2) is 0 Å². The Bertz CT molecular complexity index is 609. The molecule has 0 saturated heterocycles. The number of aromatic nitrogens is 1. The first-order chi connectivity index (χ1) is 8.49. The van der Waals surface area contributed by atoms with Crippen molar-refractivity contribution in [3.63, 3.8) is 0 Å². The Kier molecular flexibility index (Phi) is 3.58. The van der Waals surface area contributed by atoms with E-state index in [9.17, 15) is 0 Å². The number of rotatable bonds is 2. The maximum absolute atomic E-state index is 6.08. The van der Waals surface area contributed by atoms with E-state index in [-0.39, 0.29) is 0 Å². The summed E-state index contributed by atoms with van der Waals surface area (Å²) in [5, 5.41) is 0.755. The molecule has 18 heavy (non-hydrogen) atoms. The molecule has 94 valence electrons. The highest BCUT2D eigenvalue weighted by molar-refractivity contribution is 6.31. The van der Waals surface area contributed by atoms with Crippen LogP contribution in [-0.4, -0.2) is 10.8 Å². The second-order valence-electron chi connectivity index (χ2n) is 4.58. The van der Waals surface area contributed by atoms with Gasteiger partial charge in [0.2, 0.25) is 0 Å². The van der Waals surface area contributed by atoms with Gasteiger partial charge in [0.25, 0.3) is 0 Å². The van der Waals surface area contributed by atoms with E-state index < -0.39 is 0 Å². The van der Waals surface area contributed by atoms with Crippen LogP contribution >= 0.6 is 11.6 Å². The van der Waals surface area contributed by atoms with Gasteiger partial charge in [0, 0.05) is 35.2 Å². The van der Waals surface area contributed by atoms with E-state index in [0.717, 1.165) is 21.8 Å². The van der Waals surface area contributed by atoms with E-state index in [1.165, 1.54) is 11.4 Å². The largest absolute Gasteiger partial charge is 0.352 e. The van der Waals surface area contributed by atoms with Gasteiger partial charge >= 0.3 is 0 Å². The van der Waals surface area contributed by atoms with E-state index in [1.54, 1.807) is 0 Å². The summed E-state index contributed by atoms with van der Waals surface area (Å²) in [4.78, 5) is 4.47. The third-order valence-corrected chi connectivity index (χ3v) is 3.73. The molecule has 0 radical (unpaired) electrons. The Balaban J connectivity index is 2.30. The van der Waals surface area contributed by atoms with Crippen molar-refractivity contribution in [3.05, 3.63) is 51.8 Å². The fourth-order valence-electron chi connectivity index (χ4n) is 1.82. The first-order valence-corrected chi connectivity index (χ1v) is 6.30. The second-order valence-corrected chi connectivity index (χ2v) is 4.98. The van der Waals surface area contributed by atoms with Crippen LogP contribution in [0.1, 0.15) is 22.5 Å². The highest BCUT2D eigenvalue weighted by Gasteiger charge is 2.03. The first-order valence-electron chi connectivity index (χ1n) is 5.92. The van der Waals surface area contributed by atoms with Gasteiger partial charge in [-0.05, 0) is 44.5 Å². The van der Waals surface area contributed by atoms with E-state index >= 15 is 0 Å². The average Bonchev–Trinajstić information content (AvgIpc) is 2.58. The molecule has 0 saturated carbocycles. The van der Waals surface area contributed by atoms with Gasteiger partial charge in [-0.25, -0.2) is 0 Å². The monoisotopic (exact) mass is 260 g/mol. The molecular weight excluding hydrogens is 244 g/mol. The lowest BCUT2D eigenvalue weighted by atomic mass is 10.2. The quantitative estimate of drug-likeness (QED) is 0.714. The second kappa shape index (κ2) is 4.99. The minimum absolute atomic E-state index is 0.755. The molecule has 0 unspecified atom stereocenters. The van der Waals surface area contributed by atoms with Gasteiger partial charge < -0.3 is 4.57 Å². The number of benzene rings is 1. The highest BCUT2D eigenvalue weighted by atomic mass is 35.5. The molecule has 2 nitrogen and oxygen atoms in total. The number of aliphatic imine (C=N–C) groups is 1. The smallest absolute Gasteiger partial charge is 0.0644 e. The molecule has 0 aliphatic heterocycles. The molecule has 1 aromatic carbocycles. The Morgan fingerprint density at radius 3 is 2.44 bits per heavy atom. The summed E-state index contributed by atoms with van der Waals surface area (Å²) in [5.74, 6) is 0. The van der Waals surface area contributed by atoms with Crippen LogP contribution in [0.3, 0.4) is 0 Å². The van der Waals surface area contributed by atoms with Gasteiger partial charge in [-0.1, -0.05) is 17.7 Å². The molecule has 2 aromatic rings. The molecule has 0 spiro atoms. The molecule has 0 aliphatic carbocycles. The molecule has 0 aliphatic rings. The standard InChI is InChI=1S/C15H17ClN2/c1-10-5-6-14(8-15(10)16)17-9-13-7-11(2)18(4)12(13)3/h5-9H,1-4H3. The third kappa shape index (κ3) is 2.49. The van der Waals surface area contributed by atoms with Crippen LogP contribution < -0.4 is 0 Å². The van der Waals surface area contributed by atoms with E-state index in [1.807, 2.05) is 31.3 Å². The van der Waals surface area contributed by atoms with Crippen LogP contribution in [0.4, 0.5) is 5.69 Å². The van der Waals surface area contributed by atoms with E-state index in [4.69, 9.17) is 11.6 Å². The lowest BCUT2D eigenvalue weighted by molar-refractivity contribution is 0.843. The molecule has 0 bridgehead atoms. The number of hydrogen-bond donors (Lipinski definition) is 0. The normalized spacial score (nSPS) is 11.4. The van der Waals surface area contributed by atoms with Gasteiger partial charge in [-0.15, -0.1) is 0 Å². The topological polar surface area (TPSA) is 17.3 Å². The van der Waals surface area contributed by atoms with Gasteiger partial charge in [0.1, 0.15) is 0 Å². The molecule has 0 amide bonds. The summed E-state index contributed by atoms with van der Waals surface area (Å²) in [6.45, 7) is 6.17. The van der Waals surface area contributed by atoms with Crippen LogP contribution in [0.2, 0.25) is 5.02 Å². The van der Waals surface area contributed by atoms with E-state index in [2.05, 4.69) is 36.5 Å². The minimum Gasteiger partial charge on any atom is -0.352 e. The molecule has 2 rings (SSSR count). The van der Waals surface area contributed by atoms with Crippen molar-refractivity contribution < 1.29 is 0 Å². The van der Waals surface area contributed by atoms with Gasteiger partial charge in [-0.2, -0.15) is 0 Å². The zero-order chi connectivity index (χ0) is 13.3. The predicted octanol–water partition coefficient (Wildman–Crippen LogP) is 4.35. The summed E-state index contributed by atoms with van der Waals surface area (Å²) >= 11 is 6.08. The summed E-state index contributed by atoms with van der Waals surface area (Å²) in [5.41, 5.74) is 5.55.